The van der Waals surface area contributed by atoms with Crippen molar-refractivity contribution in [1.82, 2.24) is 25.3 Å². The molecule has 0 spiro atoms. The van der Waals surface area contributed by atoms with Crippen molar-refractivity contribution in [3.05, 3.63) is 96.2 Å². The Labute approximate surface area is 161 Å². The molecule has 2 aromatic carbocycles. The summed E-state index contributed by atoms with van der Waals surface area (Å²) >= 11 is 0. The molecule has 0 aliphatic carbocycles. The highest BCUT2D eigenvalue weighted by Crippen LogP contribution is 2.19. The Balaban J connectivity index is 1.53. The van der Waals surface area contributed by atoms with Gasteiger partial charge in [-0.3, -0.25) is 14.6 Å². The summed E-state index contributed by atoms with van der Waals surface area (Å²) in [5.74, 6) is -0.594. The molecule has 7 heteroatoms. The van der Waals surface area contributed by atoms with Crippen molar-refractivity contribution in [2.45, 2.75) is 12.6 Å². The van der Waals surface area contributed by atoms with Crippen LogP contribution in [0.2, 0.25) is 0 Å². The summed E-state index contributed by atoms with van der Waals surface area (Å²) in [6, 6.07) is 18.9. The van der Waals surface area contributed by atoms with Crippen LogP contribution in [0.25, 0.3) is 11.3 Å². The van der Waals surface area contributed by atoms with E-state index < -0.39 is 0 Å². The van der Waals surface area contributed by atoms with Gasteiger partial charge in [0.15, 0.2) is 0 Å². The van der Waals surface area contributed by atoms with E-state index in [1.165, 1.54) is 12.1 Å². The number of aromatic nitrogens is 4. The molecule has 2 heterocycles. The number of nitrogens with one attached hydrogen (secondary N) is 2. The molecular weight excluding hydrogens is 357 g/mol. The third-order valence-electron chi connectivity index (χ3n) is 4.40. The van der Waals surface area contributed by atoms with E-state index >= 15 is 0 Å². The van der Waals surface area contributed by atoms with Gasteiger partial charge < -0.3 is 5.32 Å². The zero-order valence-corrected chi connectivity index (χ0v) is 14.9. The lowest BCUT2D eigenvalue weighted by atomic mass is 10.1. The maximum atomic E-state index is 13.1. The Morgan fingerprint density at radius 3 is 2.61 bits per heavy atom. The number of halogens is 1. The SMILES string of the molecule is O=C(NC(Cn1cccn1)c1ccccc1)c1cc(-c2ccc(F)cc2)n[nH]1. The van der Waals surface area contributed by atoms with E-state index in [1.54, 1.807) is 29.1 Å². The standard InChI is InChI=1S/C21H18FN5O/c22-17-9-7-16(8-10-17)18-13-19(26-25-18)21(28)24-20(14-27-12-4-11-23-27)15-5-2-1-3-6-15/h1-13,20H,14H2,(H,24,28)(H,25,26). The molecule has 0 aliphatic rings. The van der Waals surface area contributed by atoms with Gasteiger partial charge in [0.05, 0.1) is 18.3 Å². The minimum atomic E-state index is -0.318. The van der Waals surface area contributed by atoms with Crippen LogP contribution in [-0.4, -0.2) is 25.9 Å². The van der Waals surface area contributed by atoms with Crippen molar-refractivity contribution in [3.63, 3.8) is 0 Å². The average Bonchev–Trinajstić information content (AvgIpc) is 3.41. The molecule has 0 fully saturated rings. The number of hydrogen-bond donors (Lipinski definition) is 2. The molecule has 0 saturated heterocycles. The molecule has 0 radical (unpaired) electrons. The van der Waals surface area contributed by atoms with E-state index in [4.69, 9.17) is 0 Å². The maximum Gasteiger partial charge on any atom is 0.269 e. The molecule has 0 saturated carbocycles. The van der Waals surface area contributed by atoms with Crippen LogP contribution >= 0.6 is 0 Å². The highest BCUT2D eigenvalue weighted by Gasteiger charge is 2.18. The number of carbonyl (C=O) groups excluding carboxylic acids is 1. The number of benzene rings is 2. The molecular formula is C21H18FN5O. The first kappa shape index (κ1) is 17.7. The lowest BCUT2D eigenvalue weighted by Crippen LogP contribution is -2.31. The molecule has 28 heavy (non-hydrogen) atoms. The van der Waals surface area contributed by atoms with Gasteiger partial charge in [0.2, 0.25) is 0 Å². The van der Waals surface area contributed by atoms with Crippen LogP contribution in [0, 0.1) is 5.82 Å². The number of nitrogens with zero attached hydrogens (tertiary/aromatic N) is 3. The first-order chi connectivity index (χ1) is 13.7. The summed E-state index contributed by atoms with van der Waals surface area (Å²) in [5, 5.41) is 14.2. The highest BCUT2D eigenvalue weighted by molar-refractivity contribution is 5.93. The topological polar surface area (TPSA) is 75.6 Å². The highest BCUT2D eigenvalue weighted by atomic mass is 19.1. The van der Waals surface area contributed by atoms with Gasteiger partial charge in [-0.15, -0.1) is 0 Å². The van der Waals surface area contributed by atoms with Gasteiger partial charge in [0, 0.05) is 18.0 Å². The summed E-state index contributed by atoms with van der Waals surface area (Å²) in [6.45, 7) is 0.502. The van der Waals surface area contributed by atoms with Crippen molar-refractivity contribution >= 4 is 5.91 Å². The monoisotopic (exact) mass is 375 g/mol. The lowest BCUT2D eigenvalue weighted by molar-refractivity contribution is 0.0926. The molecule has 2 aromatic heterocycles. The second-order valence-electron chi connectivity index (χ2n) is 6.34. The Bertz CT molecular complexity index is 1040. The normalized spacial score (nSPS) is 11.9. The van der Waals surface area contributed by atoms with Gasteiger partial charge in [-0.2, -0.15) is 10.2 Å². The number of H-pyrrole nitrogens is 1. The third-order valence-corrected chi connectivity index (χ3v) is 4.40. The summed E-state index contributed by atoms with van der Waals surface area (Å²) in [6.07, 6.45) is 3.55. The minimum Gasteiger partial charge on any atom is -0.342 e. The minimum absolute atomic E-state index is 0.258. The van der Waals surface area contributed by atoms with Gasteiger partial charge in [0.1, 0.15) is 11.5 Å². The number of aromatic amines is 1. The zero-order chi connectivity index (χ0) is 19.3. The van der Waals surface area contributed by atoms with E-state index in [1.807, 2.05) is 42.6 Å². The summed E-state index contributed by atoms with van der Waals surface area (Å²) in [5.41, 5.74) is 2.62. The predicted octanol–water partition coefficient (Wildman–Crippen LogP) is 3.58. The molecule has 1 atom stereocenters. The summed E-state index contributed by atoms with van der Waals surface area (Å²) in [4.78, 5) is 12.8. The largest absolute Gasteiger partial charge is 0.342 e. The quantitative estimate of drug-likeness (QED) is 0.541. The Kier molecular flexibility index (Phi) is 4.97. The lowest BCUT2D eigenvalue weighted by Gasteiger charge is -2.19. The fraction of sp³-hybridized carbons (Fsp3) is 0.0952. The van der Waals surface area contributed by atoms with Gasteiger partial charge >= 0.3 is 0 Å². The van der Waals surface area contributed by atoms with Gasteiger partial charge in [-0.25, -0.2) is 4.39 Å². The van der Waals surface area contributed by atoms with E-state index in [2.05, 4.69) is 20.6 Å². The smallest absolute Gasteiger partial charge is 0.269 e. The molecule has 2 N–H and O–H groups in total. The second-order valence-corrected chi connectivity index (χ2v) is 6.34. The van der Waals surface area contributed by atoms with Crippen molar-refractivity contribution in [2.24, 2.45) is 0 Å². The van der Waals surface area contributed by atoms with Crippen LogP contribution in [-0.2, 0) is 6.54 Å². The number of carbonyl (C=O) groups is 1. The first-order valence-corrected chi connectivity index (χ1v) is 8.83. The van der Waals surface area contributed by atoms with Crippen molar-refractivity contribution in [2.75, 3.05) is 0 Å². The van der Waals surface area contributed by atoms with Gasteiger partial charge in [-0.1, -0.05) is 30.3 Å². The summed E-state index contributed by atoms with van der Waals surface area (Å²) < 4.78 is 14.9. The van der Waals surface area contributed by atoms with Crippen molar-refractivity contribution in [1.29, 1.82) is 0 Å². The third kappa shape index (κ3) is 3.98. The van der Waals surface area contributed by atoms with Crippen LogP contribution < -0.4 is 5.32 Å². The molecule has 4 rings (SSSR count). The molecule has 4 aromatic rings. The van der Waals surface area contributed by atoms with E-state index in [-0.39, 0.29) is 17.8 Å². The molecule has 0 aliphatic heterocycles. The van der Waals surface area contributed by atoms with Crippen molar-refractivity contribution in [3.8, 4) is 11.3 Å². The fourth-order valence-corrected chi connectivity index (χ4v) is 2.96. The van der Waals surface area contributed by atoms with Crippen LogP contribution in [0.3, 0.4) is 0 Å². The van der Waals surface area contributed by atoms with E-state index in [0.717, 1.165) is 11.1 Å². The Morgan fingerprint density at radius 2 is 1.89 bits per heavy atom. The molecule has 140 valence electrons. The number of amides is 1. The predicted molar refractivity (Wildman–Crippen MR) is 103 cm³/mol. The Hall–Kier alpha value is -3.74. The van der Waals surface area contributed by atoms with Gasteiger partial charge in [-0.05, 0) is 42.0 Å². The maximum absolute atomic E-state index is 13.1. The number of rotatable bonds is 6. The number of hydrogen-bond acceptors (Lipinski definition) is 3. The Morgan fingerprint density at radius 1 is 1.11 bits per heavy atom. The fourth-order valence-electron chi connectivity index (χ4n) is 2.96. The molecule has 0 bridgehead atoms. The van der Waals surface area contributed by atoms with Crippen LogP contribution in [0.4, 0.5) is 4.39 Å². The average molecular weight is 375 g/mol. The van der Waals surface area contributed by atoms with Crippen LogP contribution in [0.15, 0.2) is 79.1 Å². The zero-order valence-electron chi connectivity index (χ0n) is 14.9. The molecule has 6 nitrogen and oxygen atoms in total. The molecule has 1 amide bonds. The van der Waals surface area contributed by atoms with Crippen LogP contribution in [0.5, 0.6) is 0 Å². The van der Waals surface area contributed by atoms with Crippen molar-refractivity contribution < 1.29 is 9.18 Å². The summed E-state index contributed by atoms with van der Waals surface area (Å²) in [7, 11) is 0. The van der Waals surface area contributed by atoms with E-state index in [0.29, 0.717) is 17.9 Å². The van der Waals surface area contributed by atoms with Gasteiger partial charge in [0.25, 0.3) is 5.91 Å². The molecule has 1 unspecified atom stereocenters. The van der Waals surface area contributed by atoms with Crippen LogP contribution in [0.1, 0.15) is 22.1 Å². The second kappa shape index (κ2) is 7.87. The first-order valence-electron chi connectivity index (χ1n) is 8.83. The van der Waals surface area contributed by atoms with E-state index in [9.17, 15) is 9.18 Å².